The van der Waals surface area contributed by atoms with Gasteiger partial charge in [-0.25, -0.2) is 4.79 Å². The molecule has 0 radical (unpaired) electrons. The van der Waals surface area contributed by atoms with E-state index in [9.17, 15) is 4.79 Å². The lowest BCUT2D eigenvalue weighted by Crippen LogP contribution is -2.09. The topological polar surface area (TPSA) is 26.3 Å². The van der Waals surface area contributed by atoms with Gasteiger partial charge in [0.05, 0.1) is 5.56 Å². The fourth-order valence-corrected chi connectivity index (χ4v) is 3.45. The Morgan fingerprint density at radius 1 is 1.05 bits per heavy atom. The average molecular weight is 476 g/mol. The molecule has 2 nitrogen and oxygen atoms in total. The van der Waals surface area contributed by atoms with Crippen LogP contribution in [0.4, 0.5) is 0 Å². The summed E-state index contributed by atoms with van der Waals surface area (Å²) in [7, 11) is 0. The van der Waals surface area contributed by atoms with E-state index in [0.29, 0.717) is 11.3 Å². The van der Waals surface area contributed by atoms with Crippen LogP contribution < -0.4 is 4.74 Å². The summed E-state index contributed by atoms with van der Waals surface area (Å²) in [6.07, 6.45) is 1.74. The Bertz CT molecular complexity index is 598. The number of halogens is 2. The molecule has 0 N–H and O–H groups in total. The molecule has 0 spiro atoms. The van der Waals surface area contributed by atoms with E-state index in [1.165, 1.54) is 0 Å². The fourth-order valence-electron chi connectivity index (χ4n) is 1.51. The number of carbonyl (C=O) groups is 1. The van der Waals surface area contributed by atoms with Crippen molar-refractivity contribution in [1.82, 2.24) is 0 Å². The van der Waals surface area contributed by atoms with Crippen LogP contribution >= 0.6 is 45.2 Å². The monoisotopic (exact) mass is 476 g/mol. The Morgan fingerprint density at radius 2 is 1.63 bits per heavy atom. The van der Waals surface area contributed by atoms with Crippen molar-refractivity contribution in [2.24, 2.45) is 0 Å². The fraction of sp³-hybridized carbons (Fsp3) is 0. The molecule has 0 atom stereocenters. The van der Waals surface area contributed by atoms with Crippen molar-refractivity contribution in [2.45, 2.75) is 0 Å². The highest BCUT2D eigenvalue weighted by Crippen LogP contribution is 2.18. The van der Waals surface area contributed by atoms with Gasteiger partial charge in [0, 0.05) is 7.14 Å². The lowest BCUT2D eigenvalue weighted by molar-refractivity contribution is 0.0734. The normalized spacial score (nSPS) is 10.0. The molecule has 0 unspecified atom stereocenters. The largest absolute Gasteiger partial charge is 0.423 e. The van der Waals surface area contributed by atoms with Crippen LogP contribution in [0, 0.1) is 7.14 Å². The lowest BCUT2D eigenvalue weighted by Gasteiger charge is -2.05. The van der Waals surface area contributed by atoms with Crippen LogP contribution in [-0.2, 0) is 0 Å². The second-order valence-electron chi connectivity index (χ2n) is 3.82. The quantitative estimate of drug-likeness (QED) is 0.363. The minimum absolute atomic E-state index is 0.345. The first kappa shape index (κ1) is 14.5. The van der Waals surface area contributed by atoms with E-state index in [1.54, 1.807) is 18.2 Å². The van der Waals surface area contributed by atoms with Crippen molar-refractivity contribution in [3.8, 4) is 5.75 Å². The van der Waals surface area contributed by atoms with Crippen molar-refractivity contribution >= 4 is 57.2 Å². The first-order valence-electron chi connectivity index (χ1n) is 5.49. The van der Waals surface area contributed by atoms with Gasteiger partial charge in [0.2, 0.25) is 0 Å². The predicted octanol–water partition coefficient (Wildman–Crippen LogP) is 4.76. The predicted molar refractivity (Wildman–Crippen MR) is 93.4 cm³/mol. The van der Waals surface area contributed by atoms with Crippen LogP contribution in [0.25, 0.3) is 6.08 Å². The molecule has 0 heterocycles. The average Bonchev–Trinajstić information content (AvgIpc) is 2.38. The van der Waals surface area contributed by atoms with Crippen molar-refractivity contribution < 1.29 is 9.53 Å². The van der Waals surface area contributed by atoms with Gasteiger partial charge in [-0.05, 0) is 81.1 Å². The second-order valence-corrected chi connectivity index (χ2v) is 6.31. The summed E-state index contributed by atoms with van der Waals surface area (Å²) in [5.74, 6) is 0.187. The molecular formula is C15H10I2O2. The number of carbonyl (C=O) groups excluding carboxylic acids is 1. The van der Waals surface area contributed by atoms with Gasteiger partial charge in [-0.3, -0.25) is 0 Å². The third-order valence-electron chi connectivity index (χ3n) is 2.42. The zero-order valence-electron chi connectivity index (χ0n) is 9.90. The molecule has 2 aromatic rings. The molecule has 0 aliphatic rings. The molecule has 0 saturated carbocycles. The molecule has 0 aliphatic heterocycles. The van der Waals surface area contributed by atoms with Gasteiger partial charge in [-0.1, -0.05) is 24.8 Å². The van der Waals surface area contributed by atoms with Gasteiger partial charge in [0.1, 0.15) is 5.75 Å². The maximum atomic E-state index is 12.0. The standard InChI is InChI=1S/C15H10I2O2/c1-2-10-3-5-14(6-4-10)19-15(18)11-7-12(16)9-13(17)8-11/h2-9H,1H2. The maximum Gasteiger partial charge on any atom is 0.343 e. The number of hydrogen-bond donors (Lipinski definition) is 0. The minimum atomic E-state index is -0.345. The third kappa shape index (κ3) is 4.04. The third-order valence-corrected chi connectivity index (χ3v) is 3.67. The van der Waals surface area contributed by atoms with E-state index in [4.69, 9.17) is 4.74 Å². The summed E-state index contributed by atoms with van der Waals surface area (Å²) in [5, 5.41) is 0. The second kappa shape index (κ2) is 6.51. The molecule has 0 fully saturated rings. The van der Waals surface area contributed by atoms with Crippen molar-refractivity contribution in [1.29, 1.82) is 0 Å². The lowest BCUT2D eigenvalue weighted by atomic mass is 10.2. The van der Waals surface area contributed by atoms with Gasteiger partial charge >= 0.3 is 5.97 Å². The van der Waals surface area contributed by atoms with E-state index in [-0.39, 0.29) is 5.97 Å². The van der Waals surface area contributed by atoms with Gasteiger partial charge < -0.3 is 4.74 Å². The highest BCUT2D eigenvalue weighted by Gasteiger charge is 2.10. The molecule has 0 amide bonds. The molecule has 19 heavy (non-hydrogen) atoms. The van der Waals surface area contributed by atoms with Crippen molar-refractivity contribution in [3.63, 3.8) is 0 Å². The zero-order chi connectivity index (χ0) is 13.8. The van der Waals surface area contributed by atoms with Gasteiger partial charge in [0.25, 0.3) is 0 Å². The van der Waals surface area contributed by atoms with Crippen molar-refractivity contribution in [2.75, 3.05) is 0 Å². The van der Waals surface area contributed by atoms with Crippen LogP contribution in [0.2, 0.25) is 0 Å². The van der Waals surface area contributed by atoms with Gasteiger partial charge in [0.15, 0.2) is 0 Å². The SMILES string of the molecule is C=Cc1ccc(OC(=O)c2cc(I)cc(I)c2)cc1. The molecular weight excluding hydrogens is 466 g/mol. The summed E-state index contributed by atoms with van der Waals surface area (Å²) in [6, 6.07) is 12.8. The van der Waals surface area contributed by atoms with Crippen LogP contribution in [-0.4, -0.2) is 5.97 Å². The Balaban J connectivity index is 2.17. The van der Waals surface area contributed by atoms with E-state index >= 15 is 0 Å². The molecule has 2 rings (SSSR count). The summed E-state index contributed by atoms with van der Waals surface area (Å²) in [6.45, 7) is 3.68. The first-order valence-corrected chi connectivity index (χ1v) is 7.65. The first-order chi connectivity index (χ1) is 9.08. The van der Waals surface area contributed by atoms with E-state index in [1.807, 2.05) is 30.3 Å². The van der Waals surface area contributed by atoms with Crippen LogP contribution in [0.5, 0.6) is 5.75 Å². The molecule has 0 aromatic heterocycles. The number of esters is 1. The smallest absolute Gasteiger partial charge is 0.343 e. The Labute approximate surface area is 139 Å². The van der Waals surface area contributed by atoms with E-state index in [0.717, 1.165) is 12.7 Å². The Morgan fingerprint density at radius 3 is 2.16 bits per heavy atom. The van der Waals surface area contributed by atoms with Crippen LogP contribution in [0.3, 0.4) is 0 Å². The molecule has 4 heteroatoms. The highest BCUT2D eigenvalue weighted by molar-refractivity contribution is 14.1. The Hall–Kier alpha value is -0.890. The van der Waals surface area contributed by atoms with Crippen LogP contribution in [0.15, 0.2) is 49.0 Å². The molecule has 0 aliphatic carbocycles. The molecule has 96 valence electrons. The maximum absolute atomic E-state index is 12.0. The molecule has 0 saturated heterocycles. The van der Waals surface area contributed by atoms with Crippen LogP contribution in [0.1, 0.15) is 15.9 Å². The van der Waals surface area contributed by atoms with E-state index < -0.39 is 0 Å². The van der Waals surface area contributed by atoms with E-state index in [2.05, 4.69) is 51.8 Å². The summed E-state index contributed by atoms with van der Waals surface area (Å²) < 4.78 is 7.35. The van der Waals surface area contributed by atoms with Gasteiger partial charge in [-0.2, -0.15) is 0 Å². The number of ether oxygens (including phenoxy) is 1. The minimum Gasteiger partial charge on any atom is -0.423 e. The number of rotatable bonds is 3. The molecule has 0 bridgehead atoms. The summed E-state index contributed by atoms with van der Waals surface area (Å²) >= 11 is 4.36. The molecule has 2 aromatic carbocycles. The highest BCUT2D eigenvalue weighted by atomic mass is 127. The zero-order valence-corrected chi connectivity index (χ0v) is 14.2. The number of hydrogen-bond acceptors (Lipinski definition) is 2. The summed E-state index contributed by atoms with van der Waals surface area (Å²) in [5.41, 5.74) is 1.55. The summed E-state index contributed by atoms with van der Waals surface area (Å²) in [4.78, 5) is 12.0. The number of benzene rings is 2. The van der Waals surface area contributed by atoms with Crippen molar-refractivity contribution in [3.05, 3.63) is 67.3 Å². The van der Waals surface area contributed by atoms with Gasteiger partial charge in [-0.15, -0.1) is 0 Å². The Kier molecular flexibility index (Phi) is 4.98.